The number of carboxylic acids is 1. The molecule has 29 heavy (non-hydrogen) atoms. The molecule has 3 saturated carbocycles. The number of aliphatic hydroxyl groups is 2. The zero-order valence-corrected chi connectivity index (χ0v) is 17.9. The van der Waals surface area contributed by atoms with Crippen LogP contribution in [-0.4, -0.2) is 46.2 Å². The Morgan fingerprint density at radius 1 is 1.28 bits per heavy atom. The molecule has 3 aliphatic carbocycles. The number of aliphatic hydroxyl groups excluding tert-OH is 2. The second-order valence-electron chi connectivity index (χ2n) is 9.18. The number of fused-ring (bicyclic) bond motifs is 1. The quantitative estimate of drug-likeness (QED) is 0.529. The standard InChI is InChI=1S/C24H38O5/c1-3-17-19(10-7-11-22(27)28)24(29-2)15-14-21(26)18(23(17)24)12-13-20(25)16-8-5-4-6-9-16/h10,12-13,16-18,20-21,23,25-26H,3-9,11,14-15H2,1-2H3,(H,27,28)/b13-12+,19-10?/t17?,18-,20?,21+,23+,24-/m0/s1. The van der Waals surface area contributed by atoms with E-state index in [2.05, 4.69) is 19.1 Å². The van der Waals surface area contributed by atoms with E-state index in [0.29, 0.717) is 24.7 Å². The van der Waals surface area contributed by atoms with Gasteiger partial charge in [-0.2, -0.15) is 0 Å². The van der Waals surface area contributed by atoms with Crippen molar-refractivity contribution in [2.75, 3.05) is 7.11 Å². The summed E-state index contributed by atoms with van der Waals surface area (Å²) in [6, 6.07) is 0. The molecular weight excluding hydrogens is 368 g/mol. The molecule has 3 rings (SSSR count). The molecule has 3 aliphatic rings. The number of carbonyl (C=O) groups is 1. The molecule has 3 N–H and O–H groups in total. The Bertz CT molecular complexity index is 621. The lowest BCUT2D eigenvalue weighted by Crippen LogP contribution is -2.64. The number of hydrogen-bond acceptors (Lipinski definition) is 4. The van der Waals surface area contributed by atoms with Gasteiger partial charge in [0.05, 0.1) is 17.8 Å². The van der Waals surface area contributed by atoms with Gasteiger partial charge in [-0.3, -0.25) is 4.79 Å². The minimum atomic E-state index is -0.784. The summed E-state index contributed by atoms with van der Waals surface area (Å²) in [6.07, 6.45) is 14.0. The summed E-state index contributed by atoms with van der Waals surface area (Å²) in [5.41, 5.74) is 0.815. The normalized spacial score (nSPS) is 38.0. The molecule has 0 spiro atoms. The summed E-state index contributed by atoms with van der Waals surface area (Å²) in [7, 11) is 1.74. The Morgan fingerprint density at radius 2 is 2.00 bits per heavy atom. The third kappa shape index (κ3) is 4.47. The fourth-order valence-electron chi connectivity index (χ4n) is 6.24. The predicted octanol–water partition coefficient (Wildman–Crippen LogP) is 4.09. The van der Waals surface area contributed by atoms with Crippen molar-refractivity contribution in [1.29, 1.82) is 0 Å². The van der Waals surface area contributed by atoms with E-state index in [0.717, 1.165) is 25.7 Å². The van der Waals surface area contributed by atoms with Gasteiger partial charge in [0.1, 0.15) is 0 Å². The summed E-state index contributed by atoms with van der Waals surface area (Å²) in [5.74, 6) is -0.0209. The third-order valence-corrected chi connectivity index (χ3v) is 7.72. The number of ether oxygens (including phenoxy) is 1. The Hall–Kier alpha value is -1.17. The van der Waals surface area contributed by atoms with Crippen LogP contribution in [-0.2, 0) is 9.53 Å². The molecule has 6 atom stereocenters. The van der Waals surface area contributed by atoms with Crippen LogP contribution in [0.4, 0.5) is 0 Å². The van der Waals surface area contributed by atoms with Gasteiger partial charge in [-0.05, 0) is 55.9 Å². The first kappa shape index (κ1) is 22.5. The van der Waals surface area contributed by atoms with E-state index in [4.69, 9.17) is 9.84 Å². The van der Waals surface area contributed by atoms with Crippen molar-refractivity contribution < 1.29 is 24.9 Å². The van der Waals surface area contributed by atoms with E-state index >= 15 is 0 Å². The topological polar surface area (TPSA) is 87.0 Å². The van der Waals surface area contributed by atoms with Crippen LogP contribution in [0.1, 0.15) is 71.1 Å². The van der Waals surface area contributed by atoms with Gasteiger partial charge in [0.15, 0.2) is 0 Å². The second-order valence-corrected chi connectivity index (χ2v) is 9.18. The average molecular weight is 407 g/mol. The van der Waals surface area contributed by atoms with Gasteiger partial charge < -0.3 is 20.1 Å². The number of allylic oxidation sites excluding steroid dienone is 1. The molecule has 0 amide bonds. The summed E-state index contributed by atoms with van der Waals surface area (Å²) in [5, 5.41) is 30.4. The number of carboxylic acid groups (broad SMARTS) is 1. The molecule has 3 fully saturated rings. The van der Waals surface area contributed by atoms with Crippen molar-refractivity contribution in [3.05, 3.63) is 23.8 Å². The average Bonchev–Trinajstić information content (AvgIpc) is 2.72. The molecule has 0 bridgehead atoms. The molecule has 0 heterocycles. The highest BCUT2D eigenvalue weighted by Crippen LogP contribution is 2.61. The number of aliphatic carboxylic acids is 1. The Balaban J connectivity index is 1.77. The predicted molar refractivity (Wildman–Crippen MR) is 112 cm³/mol. The van der Waals surface area contributed by atoms with Gasteiger partial charge in [-0.25, -0.2) is 0 Å². The van der Waals surface area contributed by atoms with Crippen LogP contribution in [0.15, 0.2) is 23.8 Å². The summed E-state index contributed by atoms with van der Waals surface area (Å²) in [6.45, 7) is 2.15. The van der Waals surface area contributed by atoms with Crippen LogP contribution in [0, 0.1) is 23.7 Å². The largest absolute Gasteiger partial charge is 0.481 e. The van der Waals surface area contributed by atoms with Gasteiger partial charge in [0.25, 0.3) is 0 Å². The highest BCUT2D eigenvalue weighted by Gasteiger charge is 2.62. The first-order valence-electron chi connectivity index (χ1n) is 11.5. The van der Waals surface area contributed by atoms with Crippen molar-refractivity contribution in [3.63, 3.8) is 0 Å². The minimum absolute atomic E-state index is 0.0384. The molecule has 164 valence electrons. The number of hydrogen-bond donors (Lipinski definition) is 3. The molecule has 2 unspecified atom stereocenters. The molecular formula is C24H38O5. The zero-order chi connectivity index (χ0) is 21.0. The smallest absolute Gasteiger partial charge is 0.303 e. The van der Waals surface area contributed by atoms with E-state index < -0.39 is 23.8 Å². The molecule has 0 aromatic carbocycles. The fraction of sp³-hybridized carbons (Fsp3) is 0.792. The SMILES string of the molecule is CCC1C(=CCCC(=O)O)[C@@]2(OC)CC[C@@H](O)[C@H](/C=C/C(O)C3CCCCC3)[C@@H]12. The van der Waals surface area contributed by atoms with Crippen LogP contribution < -0.4 is 0 Å². The van der Waals surface area contributed by atoms with Crippen LogP contribution in [0.3, 0.4) is 0 Å². The Kier molecular flexibility index (Phi) is 7.58. The molecule has 5 heteroatoms. The van der Waals surface area contributed by atoms with Crippen molar-refractivity contribution in [3.8, 4) is 0 Å². The van der Waals surface area contributed by atoms with Gasteiger partial charge in [0.2, 0.25) is 0 Å². The second kappa shape index (κ2) is 9.76. The van der Waals surface area contributed by atoms with Crippen LogP contribution >= 0.6 is 0 Å². The zero-order valence-electron chi connectivity index (χ0n) is 17.9. The van der Waals surface area contributed by atoms with E-state index in [1.54, 1.807) is 7.11 Å². The molecule has 0 saturated heterocycles. The van der Waals surface area contributed by atoms with Crippen molar-refractivity contribution in [1.82, 2.24) is 0 Å². The molecule has 0 aromatic rings. The monoisotopic (exact) mass is 406 g/mol. The lowest BCUT2D eigenvalue weighted by atomic mass is 9.47. The van der Waals surface area contributed by atoms with E-state index in [1.165, 1.54) is 24.8 Å². The van der Waals surface area contributed by atoms with Gasteiger partial charge in [-0.15, -0.1) is 0 Å². The maximum absolute atomic E-state index is 10.9. The molecule has 5 nitrogen and oxygen atoms in total. The van der Waals surface area contributed by atoms with Crippen LogP contribution in [0.2, 0.25) is 0 Å². The van der Waals surface area contributed by atoms with Crippen molar-refractivity contribution >= 4 is 5.97 Å². The molecule has 0 aromatic heterocycles. The van der Waals surface area contributed by atoms with E-state index in [1.807, 2.05) is 6.08 Å². The minimum Gasteiger partial charge on any atom is -0.481 e. The summed E-state index contributed by atoms with van der Waals surface area (Å²) < 4.78 is 6.06. The number of rotatable bonds is 8. The first-order valence-corrected chi connectivity index (χ1v) is 11.5. The maximum Gasteiger partial charge on any atom is 0.303 e. The fourth-order valence-corrected chi connectivity index (χ4v) is 6.24. The lowest BCUT2D eigenvalue weighted by molar-refractivity contribution is -0.168. The highest BCUT2D eigenvalue weighted by atomic mass is 16.5. The lowest BCUT2D eigenvalue weighted by Gasteiger charge is -2.62. The van der Waals surface area contributed by atoms with Crippen molar-refractivity contribution in [2.24, 2.45) is 23.7 Å². The Labute approximate surface area is 174 Å². The molecule has 0 aliphatic heterocycles. The van der Waals surface area contributed by atoms with Gasteiger partial charge >= 0.3 is 5.97 Å². The van der Waals surface area contributed by atoms with Gasteiger partial charge in [-0.1, -0.05) is 44.4 Å². The maximum atomic E-state index is 10.9. The molecule has 0 radical (unpaired) electrons. The van der Waals surface area contributed by atoms with Crippen LogP contribution in [0.25, 0.3) is 0 Å². The summed E-state index contributed by atoms with van der Waals surface area (Å²) in [4.78, 5) is 10.9. The Morgan fingerprint density at radius 3 is 2.62 bits per heavy atom. The summed E-state index contributed by atoms with van der Waals surface area (Å²) >= 11 is 0. The highest BCUT2D eigenvalue weighted by molar-refractivity contribution is 5.66. The van der Waals surface area contributed by atoms with Crippen molar-refractivity contribution in [2.45, 2.75) is 88.9 Å². The van der Waals surface area contributed by atoms with E-state index in [9.17, 15) is 15.0 Å². The third-order valence-electron chi connectivity index (χ3n) is 7.72. The first-order chi connectivity index (χ1) is 13.9. The van der Waals surface area contributed by atoms with Gasteiger partial charge in [0, 0.05) is 25.4 Å². The number of methoxy groups -OCH3 is 1. The van der Waals surface area contributed by atoms with E-state index in [-0.39, 0.29) is 18.3 Å². The van der Waals surface area contributed by atoms with Crippen LogP contribution in [0.5, 0.6) is 0 Å².